The van der Waals surface area contributed by atoms with Crippen LogP contribution in [0.4, 0.5) is 0 Å². The number of amides is 1. The molecule has 1 atom stereocenters. The van der Waals surface area contributed by atoms with Crippen molar-refractivity contribution in [2.24, 2.45) is 0 Å². The molecule has 4 heteroatoms. The van der Waals surface area contributed by atoms with E-state index in [9.17, 15) is 4.79 Å². The fraction of sp³-hybridized carbons (Fsp3) is 0.462. The minimum atomic E-state index is -0.0154. The number of benzene rings is 1. The Labute approximate surface area is 101 Å². The SMILES string of the molecule is CC(=O)NC(C)c1ccc(OC2CNC2)cc1. The number of carbonyl (C=O) groups is 1. The summed E-state index contributed by atoms with van der Waals surface area (Å²) >= 11 is 0. The highest BCUT2D eigenvalue weighted by Gasteiger charge is 2.18. The van der Waals surface area contributed by atoms with Crippen LogP contribution < -0.4 is 15.4 Å². The van der Waals surface area contributed by atoms with Crippen LogP contribution in [0.15, 0.2) is 24.3 Å². The highest BCUT2D eigenvalue weighted by Crippen LogP contribution is 2.19. The summed E-state index contributed by atoms with van der Waals surface area (Å²) in [5.74, 6) is 0.869. The predicted octanol–water partition coefficient (Wildman–Crippen LogP) is 1.23. The van der Waals surface area contributed by atoms with Gasteiger partial charge in [0.05, 0.1) is 6.04 Å². The predicted molar refractivity (Wildman–Crippen MR) is 66.0 cm³/mol. The average Bonchev–Trinajstić information content (AvgIpc) is 2.23. The van der Waals surface area contributed by atoms with Crippen molar-refractivity contribution in [2.45, 2.75) is 26.0 Å². The van der Waals surface area contributed by atoms with E-state index in [-0.39, 0.29) is 11.9 Å². The van der Waals surface area contributed by atoms with Crippen molar-refractivity contribution in [3.63, 3.8) is 0 Å². The Kier molecular flexibility index (Phi) is 3.64. The Hall–Kier alpha value is -1.55. The fourth-order valence-corrected chi connectivity index (χ4v) is 1.76. The molecule has 17 heavy (non-hydrogen) atoms. The van der Waals surface area contributed by atoms with Crippen LogP contribution in [0.1, 0.15) is 25.5 Å². The summed E-state index contributed by atoms with van der Waals surface area (Å²) in [4.78, 5) is 10.9. The summed E-state index contributed by atoms with van der Waals surface area (Å²) in [5, 5.41) is 6.01. The van der Waals surface area contributed by atoms with Gasteiger partial charge in [0.15, 0.2) is 0 Å². The number of hydrogen-bond acceptors (Lipinski definition) is 3. The van der Waals surface area contributed by atoms with E-state index in [1.807, 2.05) is 31.2 Å². The molecule has 92 valence electrons. The van der Waals surface area contributed by atoms with Crippen molar-refractivity contribution < 1.29 is 9.53 Å². The average molecular weight is 234 g/mol. The van der Waals surface area contributed by atoms with Crippen LogP contribution in [-0.4, -0.2) is 25.1 Å². The van der Waals surface area contributed by atoms with Gasteiger partial charge in [0.1, 0.15) is 11.9 Å². The van der Waals surface area contributed by atoms with E-state index < -0.39 is 0 Å². The van der Waals surface area contributed by atoms with Gasteiger partial charge in [-0.3, -0.25) is 4.79 Å². The first-order valence-corrected chi connectivity index (χ1v) is 5.89. The van der Waals surface area contributed by atoms with Crippen LogP contribution >= 0.6 is 0 Å². The van der Waals surface area contributed by atoms with Crippen molar-refractivity contribution in [3.05, 3.63) is 29.8 Å². The van der Waals surface area contributed by atoms with E-state index in [2.05, 4.69) is 10.6 Å². The van der Waals surface area contributed by atoms with Crippen LogP contribution in [0, 0.1) is 0 Å². The first-order chi connectivity index (χ1) is 8.15. The van der Waals surface area contributed by atoms with Crippen LogP contribution in [0.2, 0.25) is 0 Å². The largest absolute Gasteiger partial charge is 0.488 e. The highest BCUT2D eigenvalue weighted by molar-refractivity contribution is 5.73. The Morgan fingerprint density at radius 3 is 2.53 bits per heavy atom. The second-order valence-electron chi connectivity index (χ2n) is 4.39. The van der Waals surface area contributed by atoms with E-state index in [1.54, 1.807) is 0 Å². The van der Waals surface area contributed by atoms with Gasteiger partial charge >= 0.3 is 0 Å². The van der Waals surface area contributed by atoms with Gasteiger partial charge in [-0.15, -0.1) is 0 Å². The minimum absolute atomic E-state index is 0.0154. The van der Waals surface area contributed by atoms with E-state index in [0.717, 1.165) is 24.4 Å². The minimum Gasteiger partial charge on any atom is -0.488 e. The van der Waals surface area contributed by atoms with E-state index in [4.69, 9.17) is 4.74 Å². The van der Waals surface area contributed by atoms with Crippen LogP contribution in [-0.2, 0) is 4.79 Å². The Balaban J connectivity index is 1.94. The lowest BCUT2D eigenvalue weighted by atomic mass is 10.1. The molecule has 4 nitrogen and oxygen atoms in total. The molecule has 1 saturated heterocycles. The van der Waals surface area contributed by atoms with Crippen molar-refractivity contribution in [1.29, 1.82) is 0 Å². The van der Waals surface area contributed by atoms with Gasteiger partial charge in [-0.25, -0.2) is 0 Å². The van der Waals surface area contributed by atoms with Gasteiger partial charge in [0.25, 0.3) is 0 Å². The van der Waals surface area contributed by atoms with Gasteiger partial charge in [-0.1, -0.05) is 12.1 Å². The molecule has 0 spiro atoms. The standard InChI is InChI=1S/C13H18N2O2/c1-9(15-10(2)16)11-3-5-12(6-4-11)17-13-7-14-8-13/h3-6,9,13-14H,7-8H2,1-2H3,(H,15,16). The first-order valence-electron chi connectivity index (χ1n) is 5.89. The monoisotopic (exact) mass is 234 g/mol. The molecule has 1 fully saturated rings. The van der Waals surface area contributed by atoms with E-state index in [0.29, 0.717) is 6.10 Å². The zero-order valence-electron chi connectivity index (χ0n) is 10.2. The van der Waals surface area contributed by atoms with Crippen LogP contribution in [0.25, 0.3) is 0 Å². The molecule has 2 rings (SSSR count). The third-order valence-electron chi connectivity index (χ3n) is 2.85. The van der Waals surface area contributed by atoms with Crippen molar-refractivity contribution in [2.75, 3.05) is 13.1 Å². The molecule has 1 amide bonds. The number of ether oxygens (including phenoxy) is 1. The van der Waals surface area contributed by atoms with Gasteiger partial charge in [-0.05, 0) is 24.6 Å². The molecular formula is C13H18N2O2. The molecule has 1 aliphatic heterocycles. The summed E-state index contributed by atoms with van der Waals surface area (Å²) < 4.78 is 5.72. The molecule has 0 saturated carbocycles. The van der Waals surface area contributed by atoms with Gasteiger partial charge in [0.2, 0.25) is 5.91 Å². The van der Waals surface area contributed by atoms with Crippen molar-refractivity contribution in [3.8, 4) is 5.75 Å². The molecule has 0 aliphatic carbocycles. The molecule has 1 unspecified atom stereocenters. The first kappa shape index (κ1) is 11.9. The molecular weight excluding hydrogens is 216 g/mol. The smallest absolute Gasteiger partial charge is 0.217 e. The zero-order chi connectivity index (χ0) is 12.3. The molecule has 1 aliphatic rings. The highest BCUT2D eigenvalue weighted by atomic mass is 16.5. The molecule has 1 heterocycles. The normalized spacial score (nSPS) is 17.1. The van der Waals surface area contributed by atoms with Gasteiger partial charge in [-0.2, -0.15) is 0 Å². The van der Waals surface area contributed by atoms with Crippen LogP contribution in [0.3, 0.4) is 0 Å². The number of hydrogen-bond donors (Lipinski definition) is 2. The summed E-state index contributed by atoms with van der Waals surface area (Å²) in [7, 11) is 0. The summed E-state index contributed by atoms with van der Waals surface area (Å²) in [5.41, 5.74) is 1.08. The zero-order valence-corrected chi connectivity index (χ0v) is 10.2. The van der Waals surface area contributed by atoms with Crippen molar-refractivity contribution in [1.82, 2.24) is 10.6 Å². The summed E-state index contributed by atoms with van der Waals surface area (Å²) in [6, 6.07) is 7.91. The van der Waals surface area contributed by atoms with Gasteiger partial charge < -0.3 is 15.4 Å². The lowest BCUT2D eigenvalue weighted by Crippen LogP contribution is -2.50. The van der Waals surface area contributed by atoms with E-state index >= 15 is 0 Å². The second-order valence-corrected chi connectivity index (χ2v) is 4.39. The summed E-state index contributed by atoms with van der Waals surface area (Å²) in [6.07, 6.45) is 0.300. The third-order valence-corrected chi connectivity index (χ3v) is 2.85. The molecule has 0 aromatic heterocycles. The maximum Gasteiger partial charge on any atom is 0.217 e. The molecule has 1 aromatic carbocycles. The topological polar surface area (TPSA) is 50.4 Å². The maximum absolute atomic E-state index is 10.9. The lowest BCUT2D eigenvalue weighted by Gasteiger charge is -2.27. The number of rotatable bonds is 4. The van der Waals surface area contributed by atoms with Gasteiger partial charge in [0, 0.05) is 20.0 Å². The summed E-state index contributed by atoms with van der Waals surface area (Å²) in [6.45, 7) is 5.33. The lowest BCUT2D eigenvalue weighted by molar-refractivity contribution is -0.119. The molecule has 0 radical (unpaired) electrons. The van der Waals surface area contributed by atoms with Crippen LogP contribution in [0.5, 0.6) is 5.75 Å². The van der Waals surface area contributed by atoms with Crippen molar-refractivity contribution >= 4 is 5.91 Å². The molecule has 2 N–H and O–H groups in total. The third kappa shape index (κ3) is 3.20. The maximum atomic E-state index is 10.9. The quantitative estimate of drug-likeness (QED) is 0.824. The number of nitrogens with one attached hydrogen (secondary N) is 2. The number of carbonyl (C=O) groups excluding carboxylic acids is 1. The Morgan fingerprint density at radius 1 is 1.41 bits per heavy atom. The second kappa shape index (κ2) is 5.19. The fourth-order valence-electron chi connectivity index (χ4n) is 1.76. The Morgan fingerprint density at radius 2 is 2.06 bits per heavy atom. The molecule has 1 aromatic rings. The Bertz CT molecular complexity index is 385. The van der Waals surface area contributed by atoms with E-state index in [1.165, 1.54) is 6.92 Å². The molecule has 0 bridgehead atoms.